The smallest absolute Gasteiger partial charge is 0.310 e. The zero-order valence-corrected chi connectivity index (χ0v) is 7.71. The molecule has 0 saturated heterocycles. The highest BCUT2D eigenvalue weighted by Crippen LogP contribution is 2.36. The van der Waals surface area contributed by atoms with Crippen LogP contribution in [0, 0.1) is 11.3 Å². The maximum atomic E-state index is 10.8. The van der Waals surface area contributed by atoms with Crippen LogP contribution in [0.1, 0.15) is 33.1 Å². The van der Waals surface area contributed by atoms with Gasteiger partial charge in [-0.2, -0.15) is 0 Å². The summed E-state index contributed by atoms with van der Waals surface area (Å²) in [6, 6.07) is -0.191. The molecule has 1 rings (SSSR count). The largest absolute Gasteiger partial charge is 0.481 e. The van der Waals surface area contributed by atoms with E-state index >= 15 is 0 Å². The maximum absolute atomic E-state index is 10.8. The standard InChI is InChI=1S/C9H17NO2/c1-9(2,8(11)12)7(10)6-4-3-5-6/h6-7H,3-5,10H2,1-2H3,(H,11,12)/t7-/m0/s1. The van der Waals surface area contributed by atoms with E-state index in [1.807, 2.05) is 0 Å². The average Bonchev–Trinajstić information content (AvgIpc) is 1.83. The van der Waals surface area contributed by atoms with E-state index in [1.165, 1.54) is 6.42 Å². The topological polar surface area (TPSA) is 63.3 Å². The Morgan fingerprint density at radius 3 is 2.33 bits per heavy atom. The Morgan fingerprint density at radius 1 is 1.58 bits per heavy atom. The molecule has 12 heavy (non-hydrogen) atoms. The Labute approximate surface area is 72.9 Å². The number of carboxylic acids is 1. The van der Waals surface area contributed by atoms with Gasteiger partial charge < -0.3 is 10.8 Å². The van der Waals surface area contributed by atoms with Crippen LogP contribution >= 0.6 is 0 Å². The van der Waals surface area contributed by atoms with Crippen molar-refractivity contribution in [3.05, 3.63) is 0 Å². The Morgan fingerprint density at radius 2 is 2.08 bits per heavy atom. The monoisotopic (exact) mass is 171 g/mol. The summed E-state index contributed by atoms with van der Waals surface area (Å²) in [6.07, 6.45) is 3.39. The Kier molecular flexibility index (Phi) is 2.42. The van der Waals surface area contributed by atoms with Crippen molar-refractivity contribution in [3.63, 3.8) is 0 Å². The lowest BCUT2D eigenvalue weighted by atomic mass is 9.69. The Bertz CT molecular complexity index is 185. The van der Waals surface area contributed by atoms with Gasteiger partial charge >= 0.3 is 5.97 Å². The molecule has 0 bridgehead atoms. The fourth-order valence-electron chi connectivity index (χ4n) is 1.53. The van der Waals surface area contributed by atoms with Crippen molar-refractivity contribution in [1.82, 2.24) is 0 Å². The van der Waals surface area contributed by atoms with E-state index in [9.17, 15) is 4.79 Å². The van der Waals surface area contributed by atoms with Gasteiger partial charge in [0.25, 0.3) is 0 Å². The summed E-state index contributed by atoms with van der Waals surface area (Å²) in [4.78, 5) is 10.8. The van der Waals surface area contributed by atoms with Crippen LogP contribution in [-0.2, 0) is 4.79 Å². The summed E-state index contributed by atoms with van der Waals surface area (Å²) < 4.78 is 0. The first kappa shape index (κ1) is 9.52. The van der Waals surface area contributed by atoms with Crippen molar-refractivity contribution in [3.8, 4) is 0 Å². The van der Waals surface area contributed by atoms with Crippen LogP contribution in [0.25, 0.3) is 0 Å². The fraction of sp³-hybridized carbons (Fsp3) is 0.889. The third-order valence-corrected chi connectivity index (χ3v) is 3.04. The SMILES string of the molecule is CC(C)(C(=O)O)[C@@H](N)C1CCC1. The van der Waals surface area contributed by atoms with E-state index in [2.05, 4.69) is 0 Å². The number of aliphatic carboxylic acids is 1. The zero-order valence-electron chi connectivity index (χ0n) is 7.71. The second-order valence-corrected chi connectivity index (χ2v) is 4.24. The summed E-state index contributed by atoms with van der Waals surface area (Å²) >= 11 is 0. The highest BCUT2D eigenvalue weighted by molar-refractivity contribution is 5.74. The van der Waals surface area contributed by atoms with E-state index in [0.29, 0.717) is 5.92 Å². The number of rotatable bonds is 3. The summed E-state index contributed by atoms with van der Waals surface area (Å²) in [5.74, 6) is -0.363. The molecule has 1 atom stereocenters. The van der Waals surface area contributed by atoms with Gasteiger partial charge in [0.1, 0.15) is 0 Å². The van der Waals surface area contributed by atoms with Crippen molar-refractivity contribution >= 4 is 5.97 Å². The van der Waals surface area contributed by atoms with Gasteiger partial charge in [0.05, 0.1) is 5.41 Å². The molecule has 0 aromatic carbocycles. The van der Waals surface area contributed by atoms with Crippen LogP contribution in [-0.4, -0.2) is 17.1 Å². The first-order valence-corrected chi connectivity index (χ1v) is 4.45. The molecule has 0 amide bonds. The fourth-order valence-corrected chi connectivity index (χ4v) is 1.53. The Balaban J connectivity index is 2.59. The second kappa shape index (κ2) is 3.05. The van der Waals surface area contributed by atoms with Crippen LogP contribution in [0.3, 0.4) is 0 Å². The molecule has 70 valence electrons. The summed E-state index contributed by atoms with van der Waals surface area (Å²) in [6.45, 7) is 3.41. The predicted octanol–water partition coefficient (Wildman–Crippen LogP) is 1.22. The molecule has 0 aliphatic heterocycles. The normalized spacial score (nSPS) is 21.6. The van der Waals surface area contributed by atoms with Crippen LogP contribution in [0.4, 0.5) is 0 Å². The molecule has 1 aliphatic rings. The molecule has 0 spiro atoms. The minimum absolute atomic E-state index is 0.191. The van der Waals surface area contributed by atoms with Gasteiger partial charge in [0.2, 0.25) is 0 Å². The van der Waals surface area contributed by atoms with Crippen molar-refractivity contribution < 1.29 is 9.90 Å². The maximum Gasteiger partial charge on any atom is 0.310 e. The predicted molar refractivity (Wildman–Crippen MR) is 46.7 cm³/mol. The number of hydrogen-bond donors (Lipinski definition) is 2. The van der Waals surface area contributed by atoms with Crippen molar-refractivity contribution in [1.29, 1.82) is 0 Å². The molecule has 0 aromatic heterocycles. The van der Waals surface area contributed by atoms with Gasteiger partial charge in [-0.15, -0.1) is 0 Å². The van der Waals surface area contributed by atoms with Crippen molar-refractivity contribution in [2.45, 2.75) is 39.2 Å². The van der Waals surface area contributed by atoms with E-state index in [1.54, 1.807) is 13.8 Å². The lowest BCUT2D eigenvalue weighted by Crippen LogP contribution is -2.49. The minimum Gasteiger partial charge on any atom is -0.481 e. The van der Waals surface area contributed by atoms with Crippen LogP contribution < -0.4 is 5.73 Å². The molecule has 3 heteroatoms. The first-order valence-electron chi connectivity index (χ1n) is 4.45. The molecule has 1 fully saturated rings. The number of carboxylic acid groups (broad SMARTS) is 1. The average molecular weight is 171 g/mol. The zero-order chi connectivity index (χ0) is 9.35. The van der Waals surface area contributed by atoms with Gasteiger partial charge in [-0.1, -0.05) is 6.42 Å². The third-order valence-electron chi connectivity index (χ3n) is 3.04. The van der Waals surface area contributed by atoms with E-state index < -0.39 is 11.4 Å². The second-order valence-electron chi connectivity index (χ2n) is 4.24. The molecule has 0 aromatic rings. The van der Waals surface area contributed by atoms with E-state index in [4.69, 9.17) is 10.8 Å². The molecule has 1 aliphatic carbocycles. The molecule has 3 N–H and O–H groups in total. The minimum atomic E-state index is -0.790. The molecule has 1 saturated carbocycles. The lowest BCUT2D eigenvalue weighted by molar-refractivity contribution is -0.149. The van der Waals surface area contributed by atoms with Gasteiger partial charge in [0, 0.05) is 6.04 Å². The summed E-state index contributed by atoms with van der Waals surface area (Å²) in [7, 11) is 0. The van der Waals surface area contributed by atoms with Gasteiger partial charge in [0.15, 0.2) is 0 Å². The van der Waals surface area contributed by atoms with Crippen LogP contribution in [0.5, 0.6) is 0 Å². The number of nitrogens with two attached hydrogens (primary N) is 1. The van der Waals surface area contributed by atoms with Crippen molar-refractivity contribution in [2.24, 2.45) is 17.1 Å². The first-order chi connectivity index (χ1) is 5.46. The number of hydrogen-bond acceptors (Lipinski definition) is 2. The lowest BCUT2D eigenvalue weighted by Gasteiger charge is -2.38. The van der Waals surface area contributed by atoms with Crippen LogP contribution in [0.15, 0.2) is 0 Å². The number of carbonyl (C=O) groups is 1. The highest BCUT2D eigenvalue weighted by Gasteiger charge is 2.40. The molecular weight excluding hydrogens is 154 g/mol. The van der Waals surface area contributed by atoms with Crippen molar-refractivity contribution in [2.75, 3.05) is 0 Å². The quantitative estimate of drug-likeness (QED) is 0.671. The Hall–Kier alpha value is -0.570. The summed E-state index contributed by atoms with van der Waals surface area (Å²) in [5, 5.41) is 8.90. The van der Waals surface area contributed by atoms with Gasteiger partial charge in [-0.25, -0.2) is 0 Å². The van der Waals surface area contributed by atoms with Gasteiger partial charge in [-0.3, -0.25) is 4.79 Å². The van der Waals surface area contributed by atoms with E-state index in [-0.39, 0.29) is 6.04 Å². The van der Waals surface area contributed by atoms with E-state index in [0.717, 1.165) is 12.8 Å². The molecule has 0 unspecified atom stereocenters. The molecular formula is C9H17NO2. The van der Waals surface area contributed by atoms with Crippen LogP contribution in [0.2, 0.25) is 0 Å². The van der Waals surface area contributed by atoms with Gasteiger partial charge in [-0.05, 0) is 32.6 Å². The molecule has 0 radical (unpaired) electrons. The third kappa shape index (κ3) is 1.46. The highest BCUT2D eigenvalue weighted by atomic mass is 16.4. The summed E-state index contributed by atoms with van der Waals surface area (Å²) in [5.41, 5.74) is 5.10. The molecule has 3 nitrogen and oxygen atoms in total. The molecule has 0 heterocycles.